The molecule has 1 aliphatic heterocycles. The summed E-state index contributed by atoms with van der Waals surface area (Å²) in [5, 5.41) is 0. The van der Waals surface area contributed by atoms with Crippen LogP contribution in [0.1, 0.15) is 32.6 Å². The van der Waals surface area contributed by atoms with E-state index in [1.165, 1.54) is 0 Å². The number of urea groups is 1. The molecule has 0 aromatic rings. The number of rotatable bonds is 6. The van der Waals surface area contributed by atoms with E-state index in [1.807, 2.05) is 24.3 Å². The number of hydrogen-bond donors (Lipinski definition) is 0. The number of allylic oxidation sites excluding steroid dienone is 8. The molecule has 3 unspecified atom stereocenters. The Balaban J connectivity index is 1.41. The summed E-state index contributed by atoms with van der Waals surface area (Å²) in [6, 6.07) is -0.856. The van der Waals surface area contributed by atoms with Gasteiger partial charge in [0.25, 0.3) is 0 Å². The maximum absolute atomic E-state index is 14.9. The van der Waals surface area contributed by atoms with Gasteiger partial charge in [-0.1, -0.05) is 61.1 Å². The average molecular weight is 396 g/mol. The fourth-order valence-electron chi connectivity index (χ4n) is 4.23. The summed E-state index contributed by atoms with van der Waals surface area (Å²) in [6.45, 7) is 2.36. The summed E-state index contributed by atoms with van der Waals surface area (Å²) >= 11 is 0. The molecule has 1 saturated carbocycles. The molecule has 0 radical (unpaired) electrons. The van der Waals surface area contributed by atoms with E-state index in [9.17, 15) is 18.8 Å². The summed E-state index contributed by atoms with van der Waals surface area (Å²) in [4.78, 5) is 38.9. The van der Waals surface area contributed by atoms with Crippen LogP contribution >= 0.6 is 0 Å². The lowest BCUT2D eigenvalue weighted by Crippen LogP contribution is -2.57. The van der Waals surface area contributed by atoms with Crippen LogP contribution in [-0.4, -0.2) is 40.5 Å². The van der Waals surface area contributed by atoms with E-state index in [1.54, 1.807) is 12.2 Å². The van der Waals surface area contributed by atoms with Crippen LogP contribution in [0.15, 0.2) is 59.8 Å². The monoisotopic (exact) mass is 396 g/mol. The summed E-state index contributed by atoms with van der Waals surface area (Å²) in [7, 11) is 0. The molecular formula is C23H25FN2O3. The highest BCUT2D eigenvalue weighted by Crippen LogP contribution is 2.50. The van der Waals surface area contributed by atoms with E-state index in [4.69, 9.17) is 0 Å². The van der Waals surface area contributed by atoms with E-state index in [0.29, 0.717) is 34.6 Å². The molecule has 29 heavy (non-hydrogen) atoms. The number of barbiturate groups is 1. The molecule has 152 valence electrons. The van der Waals surface area contributed by atoms with Crippen molar-refractivity contribution in [3.8, 4) is 0 Å². The molecule has 2 fully saturated rings. The van der Waals surface area contributed by atoms with Crippen LogP contribution in [0.2, 0.25) is 0 Å². The topological polar surface area (TPSA) is 57.7 Å². The van der Waals surface area contributed by atoms with Crippen molar-refractivity contribution in [3.63, 3.8) is 0 Å². The quantitative estimate of drug-likeness (QED) is 0.502. The van der Waals surface area contributed by atoms with Crippen LogP contribution in [0.3, 0.4) is 0 Å². The Kier molecular flexibility index (Phi) is 5.35. The predicted molar refractivity (Wildman–Crippen MR) is 107 cm³/mol. The first-order valence-corrected chi connectivity index (χ1v) is 10.2. The molecule has 3 aliphatic carbocycles. The molecular weight excluding hydrogens is 371 g/mol. The molecule has 0 bridgehead atoms. The second kappa shape index (κ2) is 7.93. The van der Waals surface area contributed by atoms with Gasteiger partial charge in [0, 0.05) is 13.0 Å². The first-order chi connectivity index (χ1) is 14.0. The molecule has 1 heterocycles. The third-order valence-electron chi connectivity index (χ3n) is 6.12. The number of fused-ring (bicyclic) bond motifs is 1. The minimum Gasteiger partial charge on any atom is -0.274 e. The molecule has 0 N–H and O–H groups in total. The van der Waals surface area contributed by atoms with E-state index in [0.717, 1.165) is 16.9 Å². The average Bonchev–Trinajstić information content (AvgIpc) is 3.39. The Bertz CT molecular complexity index is 883. The minimum absolute atomic E-state index is 0.0881. The van der Waals surface area contributed by atoms with Gasteiger partial charge in [-0.25, -0.2) is 14.1 Å². The number of imide groups is 2. The van der Waals surface area contributed by atoms with Crippen LogP contribution in [0.4, 0.5) is 9.18 Å². The molecule has 0 aromatic heterocycles. The second-order valence-corrected chi connectivity index (χ2v) is 8.08. The van der Waals surface area contributed by atoms with Gasteiger partial charge in [-0.3, -0.25) is 14.5 Å². The van der Waals surface area contributed by atoms with Crippen LogP contribution < -0.4 is 0 Å². The van der Waals surface area contributed by atoms with Crippen molar-refractivity contribution in [3.05, 3.63) is 59.8 Å². The zero-order chi connectivity index (χ0) is 20.5. The zero-order valence-corrected chi connectivity index (χ0v) is 16.5. The van der Waals surface area contributed by atoms with Gasteiger partial charge in [0.15, 0.2) is 6.30 Å². The predicted octanol–water partition coefficient (Wildman–Crippen LogP) is 4.06. The van der Waals surface area contributed by atoms with Crippen LogP contribution in [0.25, 0.3) is 0 Å². The smallest absolute Gasteiger partial charge is 0.274 e. The number of halogens is 1. The molecule has 4 atom stereocenters. The van der Waals surface area contributed by atoms with Crippen LogP contribution in [-0.2, 0) is 9.59 Å². The Morgan fingerprint density at radius 1 is 1.10 bits per heavy atom. The van der Waals surface area contributed by atoms with E-state index in [-0.39, 0.29) is 13.0 Å². The van der Waals surface area contributed by atoms with Crippen molar-refractivity contribution >= 4 is 17.8 Å². The summed E-state index contributed by atoms with van der Waals surface area (Å²) in [6.07, 6.45) is 14.6. The second-order valence-electron chi connectivity index (χ2n) is 8.08. The molecule has 4 rings (SSSR count). The Hall–Kier alpha value is -2.76. The first kappa shape index (κ1) is 19.6. The van der Waals surface area contributed by atoms with Gasteiger partial charge in [-0.15, -0.1) is 0 Å². The fraction of sp³-hybridized carbons (Fsp3) is 0.435. The van der Waals surface area contributed by atoms with E-state index in [2.05, 4.69) is 19.1 Å². The number of carbonyl (C=O) groups is 3. The van der Waals surface area contributed by atoms with Gasteiger partial charge < -0.3 is 0 Å². The standard InChI is InChI=1S/C23H25FN2O3/c1-15-18-9-8-17(12-19(15)18)10-11-25-21(27)14-22(28)26(23(25)29)20(24)13-16-6-4-2-3-5-7-16/h2,4-9,12,15,18-20H,3,10-11,13-14H2,1H3/t15?,18?,19?,20-/m0/s1. The fourth-order valence-corrected chi connectivity index (χ4v) is 4.23. The summed E-state index contributed by atoms with van der Waals surface area (Å²) in [5.74, 6) is 0.470. The lowest BCUT2D eigenvalue weighted by atomic mass is 10.0. The van der Waals surface area contributed by atoms with Crippen molar-refractivity contribution in [2.45, 2.75) is 38.9 Å². The summed E-state index contributed by atoms with van der Waals surface area (Å²) in [5.41, 5.74) is 1.78. The lowest BCUT2D eigenvalue weighted by molar-refractivity contribution is -0.146. The number of nitrogens with zero attached hydrogens (tertiary/aromatic N) is 2. The van der Waals surface area contributed by atoms with Crippen molar-refractivity contribution in [2.75, 3.05) is 6.54 Å². The van der Waals surface area contributed by atoms with Gasteiger partial charge in [0.05, 0.1) is 0 Å². The number of hydrogen-bond acceptors (Lipinski definition) is 3. The summed E-state index contributed by atoms with van der Waals surface area (Å²) < 4.78 is 14.9. The maximum Gasteiger partial charge on any atom is 0.335 e. The van der Waals surface area contributed by atoms with Crippen LogP contribution in [0, 0.1) is 17.8 Å². The first-order valence-electron chi connectivity index (χ1n) is 10.2. The lowest BCUT2D eigenvalue weighted by Gasteiger charge is -2.34. The van der Waals surface area contributed by atoms with Gasteiger partial charge in [-0.2, -0.15) is 0 Å². The van der Waals surface area contributed by atoms with Gasteiger partial charge >= 0.3 is 6.03 Å². The van der Waals surface area contributed by atoms with Gasteiger partial charge in [-0.05, 0) is 36.2 Å². The molecule has 4 amide bonds. The minimum atomic E-state index is -1.80. The SMILES string of the molecule is CC1C2C=CC(CCN3C(=O)CC(=O)N([C@H](F)CC4=CC=CCC=C4)C3=O)=CC12. The van der Waals surface area contributed by atoms with Crippen LogP contribution in [0.5, 0.6) is 0 Å². The Labute approximate surface area is 169 Å². The van der Waals surface area contributed by atoms with Crippen molar-refractivity contribution < 1.29 is 18.8 Å². The van der Waals surface area contributed by atoms with Crippen molar-refractivity contribution in [1.82, 2.24) is 9.80 Å². The van der Waals surface area contributed by atoms with Crippen molar-refractivity contribution in [2.24, 2.45) is 17.8 Å². The van der Waals surface area contributed by atoms with Crippen molar-refractivity contribution in [1.29, 1.82) is 0 Å². The highest BCUT2D eigenvalue weighted by Gasteiger charge is 2.45. The molecule has 0 spiro atoms. The van der Waals surface area contributed by atoms with Gasteiger partial charge in [0.2, 0.25) is 11.8 Å². The highest BCUT2D eigenvalue weighted by molar-refractivity contribution is 6.14. The number of amides is 4. The molecule has 0 aromatic carbocycles. The normalized spacial score (nSPS) is 29.4. The molecule has 6 heteroatoms. The third kappa shape index (κ3) is 4.02. The molecule has 4 aliphatic rings. The molecule has 5 nitrogen and oxygen atoms in total. The van der Waals surface area contributed by atoms with E-state index >= 15 is 0 Å². The maximum atomic E-state index is 14.9. The van der Waals surface area contributed by atoms with Gasteiger partial charge in [0.1, 0.15) is 6.42 Å². The largest absolute Gasteiger partial charge is 0.335 e. The number of alkyl halides is 1. The Morgan fingerprint density at radius 2 is 1.93 bits per heavy atom. The number of carbonyl (C=O) groups excluding carboxylic acids is 3. The highest BCUT2D eigenvalue weighted by atomic mass is 19.1. The third-order valence-corrected chi connectivity index (χ3v) is 6.12. The van der Waals surface area contributed by atoms with E-state index < -0.39 is 30.6 Å². The Morgan fingerprint density at radius 3 is 2.72 bits per heavy atom. The molecule has 1 saturated heterocycles. The zero-order valence-electron chi connectivity index (χ0n) is 16.5.